The standard InChI is InChI=1S/C9H8O4/c10-5-6-1-3-7(4-2-6)8(11)9(12)13/h1-5,9,12-13H. The lowest BCUT2D eigenvalue weighted by atomic mass is 10.1. The van der Waals surface area contributed by atoms with E-state index in [0.29, 0.717) is 11.8 Å². The minimum atomic E-state index is -2.00. The molecule has 1 aromatic rings. The van der Waals surface area contributed by atoms with Crippen LogP contribution in [0.4, 0.5) is 0 Å². The first kappa shape index (κ1) is 9.57. The number of carbonyl (C=O) groups is 2. The minimum absolute atomic E-state index is 0.167. The quantitative estimate of drug-likeness (QED) is 0.390. The maximum Gasteiger partial charge on any atom is 0.218 e. The van der Waals surface area contributed by atoms with Crippen LogP contribution in [0.2, 0.25) is 0 Å². The van der Waals surface area contributed by atoms with Crippen molar-refractivity contribution in [2.75, 3.05) is 0 Å². The first-order valence-electron chi connectivity index (χ1n) is 3.60. The summed E-state index contributed by atoms with van der Waals surface area (Å²) in [6, 6.07) is 5.60. The number of hydrogen-bond acceptors (Lipinski definition) is 4. The van der Waals surface area contributed by atoms with E-state index in [-0.39, 0.29) is 5.56 Å². The van der Waals surface area contributed by atoms with Crippen molar-refractivity contribution >= 4 is 12.1 Å². The zero-order valence-corrected chi connectivity index (χ0v) is 6.68. The summed E-state index contributed by atoms with van der Waals surface area (Å²) in [4.78, 5) is 21.2. The molecule has 0 radical (unpaired) electrons. The van der Waals surface area contributed by atoms with Gasteiger partial charge in [-0.05, 0) is 0 Å². The van der Waals surface area contributed by atoms with Crippen LogP contribution in [0.15, 0.2) is 24.3 Å². The lowest BCUT2D eigenvalue weighted by Crippen LogP contribution is -2.19. The predicted octanol–water partition coefficient (Wildman–Crippen LogP) is -0.00750. The zero-order valence-electron chi connectivity index (χ0n) is 6.68. The number of aldehydes is 1. The predicted molar refractivity (Wildman–Crippen MR) is 44.4 cm³/mol. The topological polar surface area (TPSA) is 74.6 Å². The third-order valence-corrected chi connectivity index (χ3v) is 1.57. The first-order valence-corrected chi connectivity index (χ1v) is 3.60. The number of aliphatic hydroxyl groups is 2. The molecule has 0 saturated carbocycles. The molecular weight excluding hydrogens is 172 g/mol. The Labute approximate surface area is 74.4 Å². The van der Waals surface area contributed by atoms with Crippen LogP contribution in [0.1, 0.15) is 20.7 Å². The summed E-state index contributed by atoms with van der Waals surface area (Å²) in [7, 11) is 0. The highest BCUT2D eigenvalue weighted by molar-refractivity contribution is 5.98. The number of aliphatic hydroxyl groups excluding tert-OH is 1. The summed E-state index contributed by atoms with van der Waals surface area (Å²) in [6.07, 6.45) is -1.36. The smallest absolute Gasteiger partial charge is 0.218 e. The molecule has 68 valence electrons. The van der Waals surface area contributed by atoms with Gasteiger partial charge in [-0.15, -0.1) is 0 Å². The van der Waals surface area contributed by atoms with Gasteiger partial charge in [0, 0.05) is 11.1 Å². The summed E-state index contributed by atoms with van der Waals surface area (Å²) in [6.45, 7) is 0. The molecular formula is C9H8O4. The lowest BCUT2D eigenvalue weighted by Gasteiger charge is -2.01. The van der Waals surface area contributed by atoms with Crippen LogP contribution in [0.25, 0.3) is 0 Å². The van der Waals surface area contributed by atoms with Crippen LogP contribution >= 0.6 is 0 Å². The van der Waals surface area contributed by atoms with Gasteiger partial charge >= 0.3 is 0 Å². The first-order chi connectivity index (χ1) is 6.15. The molecule has 13 heavy (non-hydrogen) atoms. The number of rotatable bonds is 3. The molecule has 1 aromatic carbocycles. The molecule has 0 aromatic heterocycles. The molecule has 0 saturated heterocycles. The Hall–Kier alpha value is -1.52. The van der Waals surface area contributed by atoms with Crippen LogP contribution in [0.5, 0.6) is 0 Å². The lowest BCUT2D eigenvalue weighted by molar-refractivity contribution is -0.0195. The largest absolute Gasteiger partial charge is 0.362 e. The van der Waals surface area contributed by atoms with Gasteiger partial charge in [0.2, 0.25) is 12.1 Å². The second-order valence-electron chi connectivity index (χ2n) is 2.48. The van der Waals surface area contributed by atoms with Gasteiger partial charge in [0.25, 0.3) is 0 Å². The van der Waals surface area contributed by atoms with Gasteiger partial charge in [0.05, 0.1) is 0 Å². The molecule has 0 atom stereocenters. The molecule has 0 bridgehead atoms. The Balaban J connectivity index is 2.92. The molecule has 1 rings (SSSR count). The highest BCUT2D eigenvalue weighted by Gasteiger charge is 2.12. The summed E-state index contributed by atoms with van der Waals surface area (Å²) in [5.41, 5.74) is 0.601. The summed E-state index contributed by atoms with van der Waals surface area (Å²) < 4.78 is 0. The van der Waals surface area contributed by atoms with Crippen molar-refractivity contribution in [3.63, 3.8) is 0 Å². The molecule has 0 aliphatic carbocycles. The van der Waals surface area contributed by atoms with Gasteiger partial charge in [0.15, 0.2) is 0 Å². The third-order valence-electron chi connectivity index (χ3n) is 1.57. The SMILES string of the molecule is O=Cc1ccc(C(=O)C(O)O)cc1. The fourth-order valence-corrected chi connectivity index (χ4v) is 0.875. The van der Waals surface area contributed by atoms with Crippen molar-refractivity contribution in [3.05, 3.63) is 35.4 Å². The third kappa shape index (κ3) is 2.21. The van der Waals surface area contributed by atoms with Gasteiger partial charge < -0.3 is 10.2 Å². The Morgan fingerprint density at radius 1 is 1.23 bits per heavy atom. The van der Waals surface area contributed by atoms with Gasteiger partial charge in [-0.25, -0.2) is 0 Å². The van der Waals surface area contributed by atoms with Crippen LogP contribution in [0, 0.1) is 0 Å². The molecule has 0 spiro atoms. The maximum absolute atomic E-state index is 11.0. The maximum atomic E-state index is 11.0. The zero-order chi connectivity index (χ0) is 9.84. The van der Waals surface area contributed by atoms with Crippen molar-refractivity contribution in [2.45, 2.75) is 6.29 Å². The minimum Gasteiger partial charge on any atom is -0.362 e. The van der Waals surface area contributed by atoms with Crippen molar-refractivity contribution in [2.24, 2.45) is 0 Å². The van der Waals surface area contributed by atoms with Crippen LogP contribution in [0.3, 0.4) is 0 Å². The highest BCUT2D eigenvalue weighted by atomic mass is 16.5. The Bertz CT molecular complexity index is 313. The van der Waals surface area contributed by atoms with Crippen molar-refractivity contribution in [1.29, 1.82) is 0 Å². The fraction of sp³-hybridized carbons (Fsp3) is 0.111. The molecule has 0 heterocycles. The number of benzene rings is 1. The van der Waals surface area contributed by atoms with E-state index >= 15 is 0 Å². The van der Waals surface area contributed by atoms with E-state index in [1.165, 1.54) is 24.3 Å². The molecule has 0 aliphatic rings. The Morgan fingerprint density at radius 3 is 2.15 bits per heavy atom. The van der Waals surface area contributed by atoms with E-state index in [4.69, 9.17) is 10.2 Å². The summed E-state index contributed by atoms with van der Waals surface area (Å²) >= 11 is 0. The normalized spacial score (nSPS) is 10.1. The number of ketones is 1. The highest BCUT2D eigenvalue weighted by Crippen LogP contribution is 2.04. The molecule has 0 fully saturated rings. The molecule has 0 unspecified atom stereocenters. The van der Waals surface area contributed by atoms with E-state index in [1.807, 2.05) is 0 Å². The average Bonchev–Trinajstić information content (AvgIpc) is 2.17. The van der Waals surface area contributed by atoms with E-state index in [0.717, 1.165) is 0 Å². The van der Waals surface area contributed by atoms with Gasteiger partial charge in [-0.2, -0.15) is 0 Å². The number of hydrogen-bond donors (Lipinski definition) is 2. The van der Waals surface area contributed by atoms with E-state index in [9.17, 15) is 9.59 Å². The number of Topliss-reactive ketones (excluding diaryl/α,β-unsaturated/α-hetero) is 1. The van der Waals surface area contributed by atoms with Crippen molar-refractivity contribution < 1.29 is 19.8 Å². The fourth-order valence-electron chi connectivity index (χ4n) is 0.875. The van der Waals surface area contributed by atoms with Gasteiger partial charge in [-0.1, -0.05) is 24.3 Å². The molecule has 4 heteroatoms. The Kier molecular flexibility index (Phi) is 2.89. The van der Waals surface area contributed by atoms with E-state index in [1.54, 1.807) is 0 Å². The second kappa shape index (κ2) is 3.93. The Morgan fingerprint density at radius 2 is 1.77 bits per heavy atom. The summed E-state index contributed by atoms with van der Waals surface area (Å²) in [5, 5.41) is 17.1. The van der Waals surface area contributed by atoms with Crippen molar-refractivity contribution in [3.8, 4) is 0 Å². The second-order valence-corrected chi connectivity index (χ2v) is 2.48. The van der Waals surface area contributed by atoms with E-state index in [2.05, 4.69) is 0 Å². The van der Waals surface area contributed by atoms with Crippen LogP contribution < -0.4 is 0 Å². The molecule has 0 amide bonds. The van der Waals surface area contributed by atoms with Crippen LogP contribution in [-0.2, 0) is 0 Å². The summed E-state index contributed by atoms with van der Waals surface area (Å²) in [5.74, 6) is -0.780. The van der Waals surface area contributed by atoms with Crippen LogP contribution in [-0.4, -0.2) is 28.6 Å². The van der Waals surface area contributed by atoms with Gasteiger partial charge in [-0.3, -0.25) is 9.59 Å². The average molecular weight is 180 g/mol. The monoisotopic (exact) mass is 180 g/mol. The number of carbonyl (C=O) groups excluding carboxylic acids is 2. The van der Waals surface area contributed by atoms with Crippen molar-refractivity contribution in [1.82, 2.24) is 0 Å². The molecule has 0 aliphatic heterocycles. The van der Waals surface area contributed by atoms with E-state index < -0.39 is 12.1 Å². The molecule has 2 N–H and O–H groups in total. The molecule has 4 nitrogen and oxygen atoms in total. The van der Waals surface area contributed by atoms with Gasteiger partial charge in [0.1, 0.15) is 6.29 Å².